The third kappa shape index (κ3) is 1.99. The molecule has 9 heavy (non-hydrogen) atoms. The number of carbonyl (C=O) groups is 1. The number of amides is 1. The van der Waals surface area contributed by atoms with E-state index in [9.17, 15) is 4.79 Å². The zero-order valence-electron chi connectivity index (χ0n) is 5.64. The van der Waals surface area contributed by atoms with Crippen LogP contribution in [-0.2, 0) is 4.79 Å². The van der Waals surface area contributed by atoms with E-state index < -0.39 is 11.4 Å². The fourth-order valence-corrected chi connectivity index (χ4v) is 0.288. The van der Waals surface area contributed by atoms with Gasteiger partial charge in [0.25, 0.3) is 5.91 Å². The highest BCUT2D eigenvalue weighted by Crippen LogP contribution is 2.02. The van der Waals surface area contributed by atoms with Crippen LogP contribution in [0.2, 0.25) is 0 Å². The molecule has 0 fully saturated rings. The first-order valence-corrected chi connectivity index (χ1v) is 2.78. The number of hydroxylamine groups is 1. The molecule has 0 saturated heterocycles. The van der Waals surface area contributed by atoms with Crippen LogP contribution in [0, 0.1) is 0 Å². The molecule has 0 aromatic rings. The van der Waals surface area contributed by atoms with E-state index in [1.807, 2.05) is 0 Å². The van der Waals surface area contributed by atoms with E-state index in [1.54, 1.807) is 13.8 Å². The summed E-state index contributed by atoms with van der Waals surface area (Å²) in [4.78, 5) is 10.6. The molecule has 54 valence electrons. The molecule has 0 radical (unpaired) electrons. The van der Waals surface area contributed by atoms with Gasteiger partial charge in [0.15, 0.2) is 0 Å². The Kier molecular flexibility index (Phi) is 2.61. The highest BCUT2D eigenvalue weighted by Gasteiger charge is 2.24. The standard InChI is InChI=1S/C5H12N2O2/c1-3-5(2,6)4(8)7-9/h9H,3,6H2,1-2H3,(H,7,8). The predicted molar refractivity (Wildman–Crippen MR) is 32.8 cm³/mol. The van der Waals surface area contributed by atoms with Crippen molar-refractivity contribution >= 4 is 5.91 Å². The topological polar surface area (TPSA) is 75.4 Å². The first-order chi connectivity index (χ1) is 4.04. The molecule has 0 aliphatic heterocycles. The van der Waals surface area contributed by atoms with Gasteiger partial charge in [0, 0.05) is 0 Å². The first-order valence-electron chi connectivity index (χ1n) is 2.78. The summed E-state index contributed by atoms with van der Waals surface area (Å²) >= 11 is 0. The molecule has 0 bridgehead atoms. The summed E-state index contributed by atoms with van der Waals surface area (Å²) in [6.45, 7) is 3.33. The third-order valence-corrected chi connectivity index (χ3v) is 1.35. The number of hydrogen-bond donors (Lipinski definition) is 3. The summed E-state index contributed by atoms with van der Waals surface area (Å²) in [5.41, 5.74) is 5.94. The highest BCUT2D eigenvalue weighted by molar-refractivity contribution is 5.84. The van der Waals surface area contributed by atoms with Crippen LogP contribution in [0.25, 0.3) is 0 Å². The number of rotatable bonds is 2. The lowest BCUT2D eigenvalue weighted by molar-refractivity contribution is -0.134. The maximum atomic E-state index is 10.6. The zero-order valence-corrected chi connectivity index (χ0v) is 5.64. The molecule has 0 aliphatic rings. The lowest BCUT2D eigenvalue weighted by Gasteiger charge is -2.18. The minimum absolute atomic E-state index is 0.499. The molecule has 0 saturated carbocycles. The van der Waals surface area contributed by atoms with Gasteiger partial charge in [-0.15, -0.1) is 0 Å². The summed E-state index contributed by atoms with van der Waals surface area (Å²) in [6, 6.07) is 0. The Morgan fingerprint density at radius 2 is 2.33 bits per heavy atom. The van der Waals surface area contributed by atoms with E-state index in [0.29, 0.717) is 6.42 Å². The van der Waals surface area contributed by atoms with Crippen LogP contribution in [0.5, 0.6) is 0 Å². The van der Waals surface area contributed by atoms with E-state index in [0.717, 1.165) is 0 Å². The molecule has 1 atom stereocenters. The minimum atomic E-state index is -0.950. The number of carbonyl (C=O) groups excluding carboxylic acids is 1. The van der Waals surface area contributed by atoms with Gasteiger partial charge in [0.05, 0.1) is 5.54 Å². The molecule has 4 heteroatoms. The van der Waals surface area contributed by atoms with Crippen molar-refractivity contribution in [2.45, 2.75) is 25.8 Å². The van der Waals surface area contributed by atoms with E-state index in [4.69, 9.17) is 10.9 Å². The van der Waals surface area contributed by atoms with Gasteiger partial charge in [-0.05, 0) is 13.3 Å². The molecule has 0 aromatic carbocycles. The predicted octanol–water partition coefficient (Wildman–Crippen LogP) is -0.381. The second-order valence-corrected chi connectivity index (χ2v) is 2.21. The molecule has 0 spiro atoms. The second-order valence-electron chi connectivity index (χ2n) is 2.21. The summed E-state index contributed by atoms with van der Waals surface area (Å²) < 4.78 is 0. The van der Waals surface area contributed by atoms with Gasteiger partial charge in [0.2, 0.25) is 0 Å². The van der Waals surface area contributed by atoms with Gasteiger partial charge in [-0.25, -0.2) is 5.48 Å². The second kappa shape index (κ2) is 2.80. The van der Waals surface area contributed by atoms with Crippen molar-refractivity contribution in [1.82, 2.24) is 5.48 Å². The van der Waals surface area contributed by atoms with Gasteiger partial charge >= 0.3 is 0 Å². The van der Waals surface area contributed by atoms with Gasteiger partial charge in [0.1, 0.15) is 0 Å². The van der Waals surface area contributed by atoms with Gasteiger partial charge in [-0.1, -0.05) is 6.92 Å². The van der Waals surface area contributed by atoms with Gasteiger partial charge in [-0.3, -0.25) is 10.0 Å². The highest BCUT2D eigenvalue weighted by atomic mass is 16.5. The van der Waals surface area contributed by atoms with Gasteiger partial charge in [-0.2, -0.15) is 0 Å². The largest absolute Gasteiger partial charge is 0.318 e. The van der Waals surface area contributed by atoms with Crippen LogP contribution < -0.4 is 11.2 Å². The normalized spacial score (nSPS) is 16.4. The van der Waals surface area contributed by atoms with E-state index in [-0.39, 0.29) is 0 Å². The van der Waals surface area contributed by atoms with E-state index in [2.05, 4.69) is 0 Å². The molecule has 0 rings (SSSR count). The van der Waals surface area contributed by atoms with E-state index in [1.165, 1.54) is 5.48 Å². The van der Waals surface area contributed by atoms with Crippen molar-refractivity contribution in [3.63, 3.8) is 0 Å². The van der Waals surface area contributed by atoms with Gasteiger partial charge < -0.3 is 5.73 Å². The van der Waals surface area contributed by atoms with Crippen molar-refractivity contribution < 1.29 is 10.0 Å². The van der Waals surface area contributed by atoms with Crippen LogP contribution in [-0.4, -0.2) is 16.7 Å². The van der Waals surface area contributed by atoms with Crippen molar-refractivity contribution in [1.29, 1.82) is 0 Å². The Labute approximate surface area is 54.0 Å². The molecule has 1 unspecified atom stereocenters. The van der Waals surface area contributed by atoms with Crippen LogP contribution in [0.3, 0.4) is 0 Å². The van der Waals surface area contributed by atoms with Crippen molar-refractivity contribution in [3.8, 4) is 0 Å². The summed E-state index contributed by atoms with van der Waals surface area (Å²) in [5, 5.41) is 8.12. The molecule has 0 heterocycles. The molecule has 0 aliphatic carbocycles. The summed E-state index contributed by atoms with van der Waals surface area (Å²) in [6.07, 6.45) is 0.499. The Hall–Kier alpha value is -0.610. The van der Waals surface area contributed by atoms with Crippen molar-refractivity contribution in [3.05, 3.63) is 0 Å². The van der Waals surface area contributed by atoms with Crippen molar-refractivity contribution in [2.75, 3.05) is 0 Å². The maximum Gasteiger partial charge on any atom is 0.263 e. The smallest absolute Gasteiger partial charge is 0.263 e. The lowest BCUT2D eigenvalue weighted by Crippen LogP contribution is -2.50. The maximum absolute atomic E-state index is 10.6. The molecular formula is C5H12N2O2. The van der Waals surface area contributed by atoms with Crippen LogP contribution in [0.15, 0.2) is 0 Å². The summed E-state index contributed by atoms with van der Waals surface area (Å²) in [7, 11) is 0. The van der Waals surface area contributed by atoms with Crippen molar-refractivity contribution in [2.24, 2.45) is 5.73 Å². The molecule has 0 aromatic heterocycles. The van der Waals surface area contributed by atoms with E-state index >= 15 is 0 Å². The Morgan fingerprint density at radius 1 is 1.89 bits per heavy atom. The molecular weight excluding hydrogens is 120 g/mol. The van der Waals surface area contributed by atoms with Crippen LogP contribution in [0.1, 0.15) is 20.3 Å². The molecule has 1 amide bonds. The molecule has 4 nitrogen and oxygen atoms in total. The quantitative estimate of drug-likeness (QED) is 0.354. The Morgan fingerprint density at radius 3 is 2.44 bits per heavy atom. The summed E-state index contributed by atoms with van der Waals surface area (Å²) in [5.74, 6) is -0.551. The Balaban J connectivity index is 3.97. The monoisotopic (exact) mass is 132 g/mol. The van der Waals surface area contributed by atoms with Crippen LogP contribution >= 0.6 is 0 Å². The van der Waals surface area contributed by atoms with Crippen LogP contribution in [0.4, 0.5) is 0 Å². The zero-order chi connectivity index (χ0) is 7.49. The first kappa shape index (κ1) is 8.39. The fourth-order valence-electron chi connectivity index (χ4n) is 0.288. The SMILES string of the molecule is CCC(C)(N)C(=O)NO. The number of nitrogens with two attached hydrogens (primary N) is 1. The third-order valence-electron chi connectivity index (χ3n) is 1.35. The Bertz CT molecular complexity index is 112. The number of hydrogen-bond acceptors (Lipinski definition) is 3. The average Bonchev–Trinajstić information content (AvgIpc) is 1.86. The minimum Gasteiger partial charge on any atom is -0.318 e. The average molecular weight is 132 g/mol. The number of nitrogens with one attached hydrogen (secondary N) is 1. The fraction of sp³-hybridized carbons (Fsp3) is 0.800. The lowest BCUT2D eigenvalue weighted by atomic mass is 10.0. The molecule has 4 N–H and O–H groups in total.